The van der Waals surface area contributed by atoms with Crippen LogP contribution in [0.3, 0.4) is 0 Å². The number of Topliss-reactive ketones (excluding diaryl/α,β-unsaturated/α-hetero) is 1. The number of ketones is 1. The van der Waals surface area contributed by atoms with Crippen molar-refractivity contribution in [2.24, 2.45) is 0 Å². The quantitative estimate of drug-likeness (QED) is 0.206. The van der Waals surface area contributed by atoms with Crippen LogP contribution in [0, 0.1) is 0 Å². The molecular formula is C27H20Cl2F3NO5. The lowest BCUT2D eigenvalue weighted by molar-refractivity contribution is -0.140. The third-order valence-electron chi connectivity index (χ3n) is 6.03. The van der Waals surface area contributed by atoms with Gasteiger partial charge in [-0.15, -0.1) is 0 Å². The van der Waals surface area contributed by atoms with Crippen molar-refractivity contribution in [3.63, 3.8) is 0 Å². The second-order valence-electron chi connectivity index (χ2n) is 8.37. The van der Waals surface area contributed by atoms with E-state index in [4.69, 9.17) is 32.7 Å². The summed E-state index contributed by atoms with van der Waals surface area (Å²) in [5.41, 5.74) is -0.599. The van der Waals surface area contributed by atoms with Gasteiger partial charge in [-0.2, -0.15) is 13.2 Å². The van der Waals surface area contributed by atoms with E-state index in [0.29, 0.717) is 11.3 Å². The SMILES string of the molecule is COc1cccc(C2/C(=C(\O)c3cc(Cl)c(OC)c(Cl)c3)C(=O)C(=O)N2Cc2cccc(C(F)(F)F)c2)c1. The zero-order valence-corrected chi connectivity index (χ0v) is 21.5. The Bertz CT molecular complexity index is 1430. The molecule has 1 heterocycles. The Morgan fingerprint density at radius 2 is 1.63 bits per heavy atom. The number of aliphatic hydroxyl groups is 1. The van der Waals surface area contributed by atoms with Crippen LogP contribution in [0.15, 0.2) is 66.2 Å². The van der Waals surface area contributed by atoms with Crippen LogP contribution in [0.1, 0.15) is 28.3 Å². The fourth-order valence-electron chi connectivity index (χ4n) is 4.29. The summed E-state index contributed by atoms with van der Waals surface area (Å²) >= 11 is 12.4. The number of hydrogen-bond acceptors (Lipinski definition) is 5. The number of likely N-dealkylation sites (tertiary alicyclic amines) is 1. The smallest absolute Gasteiger partial charge is 0.416 e. The second-order valence-corrected chi connectivity index (χ2v) is 9.19. The van der Waals surface area contributed by atoms with Crippen LogP contribution >= 0.6 is 23.2 Å². The fourth-order valence-corrected chi connectivity index (χ4v) is 4.93. The van der Waals surface area contributed by atoms with Gasteiger partial charge in [-0.25, -0.2) is 0 Å². The number of halogens is 5. The van der Waals surface area contributed by atoms with Crippen molar-refractivity contribution < 1.29 is 37.3 Å². The van der Waals surface area contributed by atoms with Gasteiger partial charge in [0.05, 0.1) is 41.4 Å². The minimum Gasteiger partial charge on any atom is -0.507 e. The van der Waals surface area contributed by atoms with E-state index in [1.807, 2.05) is 0 Å². The van der Waals surface area contributed by atoms with E-state index in [1.54, 1.807) is 24.3 Å². The minimum absolute atomic E-state index is 0.0470. The van der Waals surface area contributed by atoms with Gasteiger partial charge in [0.1, 0.15) is 11.5 Å². The fraction of sp³-hybridized carbons (Fsp3) is 0.185. The molecule has 6 nitrogen and oxygen atoms in total. The first-order valence-corrected chi connectivity index (χ1v) is 11.8. The average Bonchev–Trinajstić information content (AvgIpc) is 3.12. The molecule has 0 saturated carbocycles. The lowest BCUT2D eigenvalue weighted by atomic mass is 9.95. The van der Waals surface area contributed by atoms with Gasteiger partial charge in [0, 0.05) is 12.1 Å². The highest BCUT2D eigenvalue weighted by Gasteiger charge is 2.46. The van der Waals surface area contributed by atoms with Crippen molar-refractivity contribution in [3.05, 3.63) is 98.5 Å². The van der Waals surface area contributed by atoms with Crippen LogP contribution in [-0.4, -0.2) is 35.9 Å². The molecule has 3 aromatic carbocycles. The summed E-state index contributed by atoms with van der Waals surface area (Å²) in [7, 11) is 2.79. The van der Waals surface area contributed by atoms with Crippen molar-refractivity contribution in [2.45, 2.75) is 18.8 Å². The van der Waals surface area contributed by atoms with E-state index >= 15 is 0 Å². The summed E-state index contributed by atoms with van der Waals surface area (Å²) in [6.45, 7) is -0.336. The molecule has 11 heteroatoms. The molecule has 198 valence electrons. The molecule has 1 fully saturated rings. The first-order valence-electron chi connectivity index (χ1n) is 11.1. The highest BCUT2D eigenvalue weighted by molar-refractivity contribution is 6.46. The molecule has 0 aliphatic carbocycles. The van der Waals surface area contributed by atoms with Crippen LogP contribution in [0.25, 0.3) is 5.76 Å². The summed E-state index contributed by atoms with van der Waals surface area (Å²) < 4.78 is 50.3. The number of nitrogens with zero attached hydrogens (tertiary/aromatic N) is 1. The van der Waals surface area contributed by atoms with Crippen molar-refractivity contribution in [3.8, 4) is 11.5 Å². The van der Waals surface area contributed by atoms with E-state index in [2.05, 4.69) is 0 Å². The highest BCUT2D eigenvalue weighted by Crippen LogP contribution is 2.43. The Kier molecular flexibility index (Phi) is 7.62. The number of aliphatic hydroxyl groups excluding tert-OH is 1. The second kappa shape index (κ2) is 10.6. The maximum atomic E-state index is 13.3. The van der Waals surface area contributed by atoms with Crippen molar-refractivity contribution in [1.29, 1.82) is 0 Å². The van der Waals surface area contributed by atoms with Crippen LogP contribution in [-0.2, 0) is 22.3 Å². The summed E-state index contributed by atoms with van der Waals surface area (Å²) in [5.74, 6) is -2.02. The van der Waals surface area contributed by atoms with Gasteiger partial charge in [0.25, 0.3) is 11.7 Å². The van der Waals surface area contributed by atoms with Gasteiger partial charge in [-0.3, -0.25) is 9.59 Å². The molecule has 4 rings (SSSR count). The van der Waals surface area contributed by atoms with Gasteiger partial charge >= 0.3 is 6.18 Å². The highest BCUT2D eigenvalue weighted by atomic mass is 35.5. The summed E-state index contributed by atoms with van der Waals surface area (Å²) in [6.07, 6.45) is -4.59. The Balaban J connectivity index is 1.89. The number of benzene rings is 3. The topological polar surface area (TPSA) is 76.1 Å². The maximum Gasteiger partial charge on any atom is 0.416 e. The molecular weight excluding hydrogens is 546 g/mol. The van der Waals surface area contributed by atoms with Gasteiger partial charge in [0.15, 0.2) is 5.75 Å². The normalized spacial score (nSPS) is 17.1. The Morgan fingerprint density at radius 1 is 0.974 bits per heavy atom. The molecule has 0 radical (unpaired) electrons. The summed E-state index contributed by atoms with van der Waals surface area (Å²) in [6, 6.07) is 12.4. The molecule has 1 amide bonds. The first-order chi connectivity index (χ1) is 18.0. The molecule has 3 aromatic rings. The predicted octanol–water partition coefficient (Wildman–Crippen LogP) is 6.65. The van der Waals surface area contributed by atoms with Crippen LogP contribution in [0.4, 0.5) is 13.2 Å². The Hall–Kier alpha value is -3.69. The maximum absolute atomic E-state index is 13.3. The van der Waals surface area contributed by atoms with Gasteiger partial charge < -0.3 is 19.5 Å². The average molecular weight is 566 g/mol. The zero-order chi connectivity index (χ0) is 27.8. The molecule has 0 aromatic heterocycles. The van der Waals surface area contributed by atoms with Crippen molar-refractivity contribution in [1.82, 2.24) is 4.90 Å². The number of alkyl halides is 3. The van der Waals surface area contributed by atoms with E-state index < -0.39 is 35.2 Å². The van der Waals surface area contributed by atoms with Crippen molar-refractivity contribution in [2.75, 3.05) is 14.2 Å². The van der Waals surface area contributed by atoms with Gasteiger partial charge in [-0.05, 0) is 47.5 Å². The molecule has 38 heavy (non-hydrogen) atoms. The number of amides is 1. The van der Waals surface area contributed by atoms with Crippen LogP contribution in [0.5, 0.6) is 11.5 Å². The zero-order valence-electron chi connectivity index (χ0n) is 20.0. The van der Waals surface area contributed by atoms with Crippen LogP contribution in [0.2, 0.25) is 10.0 Å². The molecule has 1 N–H and O–H groups in total. The Morgan fingerprint density at radius 3 is 2.24 bits per heavy atom. The largest absolute Gasteiger partial charge is 0.507 e. The minimum atomic E-state index is -4.59. The number of carbonyl (C=O) groups excluding carboxylic acids is 2. The number of carbonyl (C=O) groups is 2. The first kappa shape index (κ1) is 27.3. The predicted molar refractivity (Wildman–Crippen MR) is 135 cm³/mol. The lowest BCUT2D eigenvalue weighted by Gasteiger charge is -2.26. The standard InChI is InChI=1S/C27H20Cl2F3NO5/c1-37-18-8-4-6-15(10-18)22-21(23(34)16-11-19(28)25(38-2)20(29)12-16)24(35)26(36)33(22)13-14-5-3-7-17(9-14)27(30,31)32/h3-12,22,34H,13H2,1-2H3/b23-21+. The number of hydrogen-bond donors (Lipinski definition) is 1. The molecule has 0 bridgehead atoms. The molecule has 0 spiro atoms. The molecule has 1 aliphatic heterocycles. The number of ether oxygens (including phenoxy) is 2. The molecule has 1 atom stereocenters. The van der Waals surface area contributed by atoms with E-state index in [1.165, 1.54) is 38.5 Å². The summed E-state index contributed by atoms with van der Waals surface area (Å²) in [4.78, 5) is 27.6. The van der Waals surface area contributed by atoms with Crippen LogP contribution < -0.4 is 9.47 Å². The Labute approximate surface area is 225 Å². The lowest BCUT2D eigenvalue weighted by Crippen LogP contribution is -2.29. The van der Waals surface area contributed by atoms with E-state index in [9.17, 15) is 27.9 Å². The van der Waals surface area contributed by atoms with E-state index in [-0.39, 0.29) is 39.0 Å². The number of methoxy groups -OCH3 is 2. The third kappa shape index (κ3) is 5.16. The summed E-state index contributed by atoms with van der Waals surface area (Å²) in [5, 5.41) is 11.4. The van der Waals surface area contributed by atoms with E-state index in [0.717, 1.165) is 17.0 Å². The molecule has 1 saturated heterocycles. The monoisotopic (exact) mass is 565 g/mol. The van der Waals surface area contributed by atoms with Gasteiger partial charge in [0.2, 0.25) is 0 Å². The van der Waals surface area contributed by atoms with Crippen molar-refractivity contribution >= 4 is 40.7 Å². The molecule has 1 aliphatic rings. The third-order valence-corrected chi connectivity index (χ3v) is 6.59. The molecule has 1 unspecified atom stereocenters. The van der Waals surface area contributed by atoms with Gasteiger partial charge in [-0.1, -0.05) is 47.5 Å². The number of rotatable bonds is 6.